The minimum atomic E-state index is -1.27. The average Bonchev–Trinajstić information content (AvgIpc) is 1.85. The zero-order valence-corrected chi connectivity index (χ0v) is 5.25. The van der Waals surface area contributed by atoms with Crippen molar-refractivity contribution in [3.8, 4) is 0 Å². The molecule has 1 saturated carbocycles. The van der Waals surface area contributed by atoms with Crippen LogP contribution in [0.2, 0.25) is 0 Å². The molecule has 0 heterocycles. The Morgan fingerprint density at radius 3 is 2.11 bits per heavy atom. The topological polar surface area (TPSA) is 0 Å². The van der Waals surface area contributed by atoms with Gasteiger partial charge in [0.25, 0.3) is 0 Å². The van der Waals surface area contributed by atoms with Gasteiger partial charge in [0, 0.05) is 12.8 Å². The Hall–Kier alpha value is -0.400. The molecule has 0 nitrogen and oxygen atoms in total. The number of allylic oxidation sites excluding steroid dienone is 2. The summed E-state index contributed by atoms with van der Waals surface area (Å²) in [6, 6.07) is 0. The first-order valence-corrected chi connectivity index (χ1v) is 3.12. The van der Waals surface area contributed by atoms with Crippen LogP contribution in [0.3, 0.4) is 0 Å². The predicted molar refractivity (Wildman–Crippen MR) is 30.7 cm³/mol. The van der Waals surface area contributed by atoms with E-state index in [1.165, 1.54) is 6.08 Å². The fourth-order valence-corrected chi connectivity index (χ4v) is 1.78. The minimum absolute atomic E-state index is 0.0752. The number of rotatable bonds is 0. The molecule has 0 aromatic rings. The van der Waals surface area contributed by atoms with E-state index in [1.54, 1.807) is 6.92 Å². The van der Waals surface area contributed by atoms with Crippen LogP contribution < -0.4 is 0 Å². The molecule has 0 amide bonds. The van der Waals surface area contributed by atoms with Gasteiger partial charge in [0.15, 0.2) is 0 Å². The molecule has 3 aliphatic carbocycles. The lowest BCUT2D eigenvalue weighted by Gasteiger charge is -2.37. The molecule has 1 fully saturated rings. The zero-order chi connectivity index (χ0) is 6.70. The van der Waals surface area contributed by atoms with Crippen LogP contribution in [0.5, 0.6) is 0 Å². The van der Waals surface area contributed by atoms with Gasteiger partial charge in [-0.3, -0.25) is 0 Å². The molecular formula is C7H8F2. The molecule has 50 valence electrons. The van der Waals surface area contributed by atoms with Crippen LogP contribution >= 0.6 is 0 Å². The van der Waals surface area contributed by atoms with Crippen LogP contribution in [-0.2, 0) is 0 Å². The van der Waals surface area contributed by atoms with Gasteiger partial charge >= 0.3 is 0 Å². The van der Waals surface area contributed by atoms with Gasteiger partial charge in [-0.15, -0.1) is 0 Å². The second kappa shape index (κ2) is 1.07. The van der Waals surface area contributed by atoms with E-state index in [-0.39, 0.29) is 12.8 Å². The summed E-state index contributed by atoms with van der Waals surface area (Å²) in [4.78, 5) is 0. The summed E-state index contributed by atoms with van der Waals surface area (Å²) in [5.41, 5.74) is -1.93. The van der Waals surface area contributed by atoms with Crippen LogP contribution in [-0.4, -0.2) is 11.3 Å². The van der Waals surface area contributed by atoms with E-state index in [4.69, 9.17) is 0 Å². The van der Waals surface area contributed by atoms with E-state index in [0.29, 0.717) is 5.57 Å². The number of alkyl halides is 2. The van der Waals surface area contributed by atoms with Crippen molar-refractivity contribution in [1.82, 2.24) is 0 Å². The Labute approximate surface area is 52.6 Å². The molecule has 3 aliphatic rings. The van der Waals surface area contributed by atoms with Crippen molar-refractivity contribution in [2.24, 2.45) is 0 Å². The van der Waals surface area contributed by atoms with Crippen LogP contribution in [0, 0.1) is 0 Å². The second-order valence-corrected chi connectivity index (χ2v) is 3.18. The molecular weight excluding hydrogens is 122 g/mol. The Kier molecular flexibility index (Phi) is 0.640. The van der Waals surface area contributed by atoms with Gasteiger partial charge in [0.2, 0.25) is 0 Å². The smallest absolute Gasteiger partial charge is 0.138 e. The molecule has 0 unspecified atom stereocenters. The van der Waals surface area contributed by atoms with E-state index >= 15 is 0 Å². The first kappa shape index (κ1) is 5.39. The molecule has 9 heavy (non-hydrogen) atoms. The lowest BCUT2D eigenvalue weighted by molar-refractivity contribution is -0.00597. The van der Waals surface area contributed by atoms with Crippen molar-refractivity contribution >= 4 is 0 Å². The summed E-state index contributed by atoms with van der Waals surface area (Å²) in [5, 5.41) is 0. The molecule has 0 aliphatic heterocycles. The standard InChI is InChI=1S/C7H8F2/c1-5-2-6(8)3-7(5,9)4-6/h2H,3-4H2,1H3. The summed E-state index contributed by atoms with van der Waals surface area (Å²) in [6.07, 6.45) is 1.57. The lowest BCUT2D eigenvalue weighted by atomic mass is 9.76. The predicted octanol–water partition coefficient (Wildman–Crippen LogP) is 2.16. The van der Waals surface area contributed by atoms with Crippen LogP contribution in [0.15, 0.2) is 11.6 Å². The van der Waals surface area contributed by atoms with E-state index in [2.05, 4.69) is 0 Å². The molecule has 0 aromatic carbocycles. The third-order valence-electron chi connectivity index (χ3n) is 2.33. The first-order valence-electron chi connectivity index (χ1n) is 3.12. The van der Waals surface area contributed by atoms with E-state index in [1.807, 2.05) is 0 Å². The van der Waals surface area contributed by atoms with Crippen molar-refractivity contribution in [3.63, 3.8) is 0 Å². The quantitative estimate of drug-likeness (QED) is 0.441. The van der Waals surface area contributed by atoms with E-state index in [9.17, 15) is 8.78 Å². The molecule has 0 radical (unpaired) electrons. The Morgan fingerprint density at radius 2 is 2.00 bits per heavy atom. The first-order chi connectivity index (χ1) is 4.04. The molecule has 3 rings (SSSR count). The fraction of sp³-hybridized carbons (Fsp3) is 0.714. The molecule has 0 aromatic heterocycles. The highest BCUT2D eigenvalue weighted by molar-refractivity contribution is 5.39. The largest absolute Gasteiger partial charge is 0.239 e. The van der Waals surface area contributed by atoms with E-state index in [0.717, 1.165) is 0 Å². The third-order valence-corrected chi connectivity index (χ3v) is 2.33. The molecule has 2 heteroatoms. The SMILES string of the molecule is CC1=CC2(F)CC1(F)C2. The highest BCUT2D eigenvalue weighted by atomic mass is 19.2. The summed E-state index contributed by atoms with van der Waals surface area (Å²) in [7, 11) is 0. The van der Waals surface area contributed by atoms with Gasteiger partial charge in [-0.1, -0.05) is 0 Å². The molecule has 0 N–H and O–H groups in total. The fourth-order valence-electron chi connectivity index (χ4n) is 1.78. The summed E-state index contributed by atoms with van der Waals surface area (Å²) in [6.45, 7) is 1.66. The maximum Gasteiger partial charge on any atom is 0.138 e. The van der Waals surface area contributed by atoms with Crippen molar-refractivity contribution < 1.29 is 8.78 Å². The molecule has 0 atom stereocenters. The van der Waals surface area contributed by atoms with Crippen LogP contribution in [0.1, 0.15) is 19.8 Å². The number of hydrogen-bond donors (Lipinski definition) is 0. The van der Waals surface area contributed by atoms with Crippen molar-refractivity contribution in [3.05, 3.63) is 11.6 Å². The monoisotopic (exact) mass is 130 g/mol. The normalized spacial score (nSPS) is 54.8. The van der Waals surface area contributed by atoms with Crippen molar-refractivity contribution in [2.75, 3.05) is 0 Å². The maximum absolute atomic E-state index is 13.0. The van der Waals surface area contributed by atoms with Crippen LogP contribution in [0.25, 0.3) is 0 Å². The Morgan fingerprint density at radius 1 is 1.44 bits per heavy atom. The molecule has 0 saturated heterocycles. The maximum atomic E-state index is 13.0. The zero-order valence-electron chi connectivity index (χ0n) is 5.25. The highest BCUT2D eigenvalue weighted by Gasteiger charge is 2.61. The molecule has 0 spiro atoms. The van der Waals surface area contributed by atoms with Gasteiger partial charge in [-0.25, -0.2) is 8.78 Å². The van der Waals surface area contributed by atoms with Crippen molar-refractivity contribution in [2.45, 2.75) is 31.1 Å². The number of hydrogen-bond acceptors (Lipinski definition) is 0. The van der Waals surface area contributed by atoms with Gasteiger partial charge in [0.05, 0.1) is 0 Å². The highest BCUT2D eigenvalue weighted by Crippen LogP contribution is 2.58. The summed E-state index contributed by atoms with van der Waals surface area (Å²) < 4.78 is 25.9. The summed E-state index contributed by atoms with van der Waals surface area (Å²) >= 11 is 0. The minimum Gasteiger partial charge on any atom is -0.239 e. The second-order valence-electron chi connectivity index (χ2n) is 3.18. The van der Waals surface area contributed by atoms with E-state index < -0.39 is 11.3 Å². The number of halogens is 2. The molecule has 2 bridgehead atoms. The summed E-state index contributed by atoms with van der Waals surface area (Å²) in [5.74, 6) is 0. The van der Waals surface area contributed by atoms with Gasteiger partial charge < -0.3 is 0 Å². The average molecular weight is 130 g/mol. The van der Waals surface area contributed by atoms with Crippen LogP contribution in [0.4, 0.5) is 8.78 Å². The van der Waals surface area contributed by atoms with Gasteiger partial charge in [-0.2, -0.15) is 0 Å². The Balaban J connectivity index is 2.38. The van der Waals surface area contributed by atoms with Gasteiger partial charge in [-0.05, 0) is 18.6 Å². The lowest BCUT2D eigenvalue weighted by Crippen LogP contribution is -2.43. The van der Waals surface area contributed by atoms with Gasteiger partial charge in [0.1, 0.15) is 11.3 Å². The van der Waals surface area contributed by atoms with Crippen molar-refractivity contribution in [1.29, 1.82) is 0 Å². The third kappa shape index (κ3) is 0.467. The Bertz CT molecular complexity index is 187.